The quantitative estimate of drug-likeness (QED) is 0.601. The lowest BCUT2D eigenvalue weighted by Gasteiger charge is -2.05. The van der Waals surface area contributed by atoms with Gasteiger partial charge in [0.15, 0.2) is 0 Å². The normalized spacial score (nSPS) is 11.4. The van der Waals surface area contributed by atoms with Gasteiger partial charge in [0.1, 0.15) is 5.02 Å². The molecular weight excluding hydrogens is 270 g/mol. The molecule has 9 heteroatoms. The summed E-state index contributed by atoms with van der Waals surface area (Å²) in [7, 11) is -3.79. The minimum absolute atomic E-state index is 0.0543. The largest absolute Gasteiger partial charge is 0.329 e. The number of benzene rings is 1. The van der Waals surface area contributed by atoms with Gasteiger partial charge in [-0.15, -0.1) is 0 Å². The van der Waals surface area contributed by atoms with E-state index in [1.807, 2.05) is 0 Å². The number of rotatable bonds is 5. The van der Waals surface area contributed by atoms with E-state index in [2.05, 4.69) is 4.72 Å². The first-order valence-corrected chi connectivity index (χ1v) is 6.38. The maximum absolute atomic E-state index is 11.6. The summed E-state index contributed by atoms with van der Waals surface area (Å²) in [5, 5.41) is 10.5. The second-order valence-corrected chi connectivity index (χ2v) is 5.23. The first-order valence-electron chi connectivity index (χ1n) is 4.52. The van der Waals surface area contributed by atoms with Gasteiger partial charge in [0.2, 0.25) is 10.0 Å². The third-order valence-corrected chi connectivity index (χ3v) is 3.64. The van der Waals surface area contributed by atoms with Crippen molar-refractivity contribution in [2.75, 3.05) is 13.1 Å². The highest BCUT2D eigenvalue weighted by molar-refractivity contribution is 7.89. The van der Waals surface area contributed by atoms with Crippen LogP contribution in [-0.2, 0) is 10.0 Å². The van der Waals surface area contributed by atoms with E-state index >= 15 is 0 Å². The van der Waals surface area contributed by atoms with Crippen LogP contribution in [0.3, 0.4) is 0 Å². The molecule has 0 aliphatic heterocycles. The summed E-state index contributed by atoms with van der Waals surface area (Å²) >= 11 is 5.57. The number of hydrogen-bond donors (Lipinski definition) is 2. The van der Waals surface area contributed by atoms with Crippen molar-refractivity contribution in [3.05, 3.63) is 33.3 Å². The number of nitrogens with one attached hydrogen (secondary N) is 1. The molecular formula is C8H10ClN3O4S. The van der Waals surface area contributed by atoms with Gasteiger partial charge in [-0.25, -0.2) is 13.1 Å². The van der Waals surface area contributed by atoms with Gasteiger partial charge in [-0.3, -0.25) is 10.1 Å². The summed E-state index contributed by atoms with van der Waals surface area (Å²) in [6.07, 6.45) is 0. The van der Waals surface area contributed by atoms with Gasteiger partial charge in [0.05, 0.1) is 9.82 Å². The van der Waals surface area contributed by atoms with E-state index < -0.39 is 20.6 Å². The van der Waals surface area contributed by atoms with Gasteiger partial charge in [-0.2, -0.15) is 0 Å². The first-order chi connectivity index (χ1) is 7.88. The number of hydrogen-bond acceptors (Lipinski definition) is 5. The van der Waals surface area contributed by atoms with Crippen molar-refractivity contribution in [2.45, 2.75) is 4.90 Å². The molecule has 0 saturated heterocycles. The van der Waals surface area contributed by atoms with E-state index in [-0.39, 0.29) is 23.0 Å². The SMILES string of the molecule is NCCNS(=O)(=O)c1ccc(Cl)c([N+](=O)[O-])c1. The molecule has 0 fully saturated rings. The van der Waals surface area contributed by atoms with E-state index in [1.54, 1.807) is 0 Å². The van der Waals surface area contributed by atoms with Gasteiger partial charge >= 0.3 is 0 Å². The van der Waals surface area contributed by atoms with Crippen LogP contribution in [-0.4, -0.2) is 26.4 Å². The van der Waals surface area contributed by atoms with Gasteiger partial charge in [-0.05, 0) is 12.1 Å². The molecule has 3 N–H and O–H groups in total. The van der Waals surface area contributed by atoms with Gasteiger partial charge in [0.25, 0.3) is 5.69 Å². The molecule has 7 nitrogen and oxygen atoms in total. The summed E-state index contributed by atoms with van der Waals surface area (Å²) in [6, 6.07) is 3.26. The Kier molecular flexibility index (Phi) is 4.40. The summed E-state index contributed by atoms with van der Waals surface area (Å²) < 4.78 is 25.5. The van der Waals surface area contributed by atoms with Crippen LogP contribution < -0.4 is 10.5 Å². The number of nitro benzene ring substituents is 1. The van der Waals surface area contributed by atoms with Crippen molar-refractivity contribution in [3.8, 4) is 0 Å². The highest BCUT2D eigenvalue weighted by Gasteiger charge is 2.19. The van der Waals surface area contributed by atoms with Gasteiger partial charge in [-0.1, -0.05) is 11.6 Å². The van der Waals surface area contributed by atoms with E-state index in [0.29, 0.717) is 0 Å². The van der Waals surface area contributed by atoms with E-state index in [0.717, 1.165) is 12.1 Å². The standard InChI is InChI=1S/C8H10ClN3O4S/c9-7-2-1-6(5-8(7)12(13)14)17(15,16)11-4-3-10/h1-2,5,11H,3-4,10H2. The Labute approximate surface area is 103 Å². The Morgan fingerprint density at radius 2 is 2.12 bits per heavy atom. The van der Waals surface area contributed by atoms with Crippen LogP contribution in [0.25, 0.3) is 0 Å². The van der Waals surface area contributed by atoms with Crippen molar-refractivity contribution in [2.24, 2.45) is 5.73 Å². The molecule has 0 spiro atoms. The molecule has 1 rings (SSSR count). The molecule has 0 atom stereocenters. The number of nitrogens with two attached hydrogens (primary N) is 1. The minimum Gasteiger partial charge on any atom is -0.329 e. The monoisotopic (exact) mass is 279 g/mol. The van der Waals surface area contributed by atoms with E-state index in [9.17, 15) is 18.5 Å². The molecule has 17 heavy (non-hydrogen) atoms. The molecule has 0 bridgehead atoms. The molecule has 0 aliphatic carbocycles. The van der Waals surface area contributed by atoms with Crippen LogP contribution in [0.5, 0.6) is 0 Å². The second-order valence-electron chi connectivity index (χ2n) is 3.06. The third kappa shape index (κ3) is 3.37. The average Bonchev–Trinajstić information content (AvgIpc) is 2.26. The highest BCUT2D eigenvalue weighted by atomic mass is 35.5. The number of nitrogens with zero attached hydrogens (tertiary/aromatic N) is 1. The van der Waals surface area contributed by atoms with Crippen molar-refractivity contribution in [1.82, 2.24) is 4.72 Å². The summed E-state index contributed by atoms with van der Waals surface area (Å²) in [6.45, 7) is 0.188. The Balaban J connectivity index is 3.16. The van der Waals surface area contributed by atoms with E-state index in [4.69, 9.17) is 17.3 Å². The van der Waals surface area contributed by atoms with Crippen molar-refractivity contribution < 1.29 is 13.3 Å². The predicted octanol–water partition coefficient (Wildman–Crippen LogP) is 0.485. The molecule has 0 unspecified atom stereocenters. The number of halogens is 1. The fourth-order valence-corrected chi connectivity index (χ4v) is 2.33. The van der Waals surface area contributed by atoms with Gasteiger partial charge in [0, 0.05) is 19.2 Å². The van der Waals surface area contributed by atoms with Crippen LogP contribution in [0, 0.1) is 10.1 Å². The molecule has 0 aliphatic rings. The molecule has 94 valence electrons. The van der Waals surface area contributed by atoms with Gasteiger partial charge < -0.3 is 5.73 Å². The fourth-order valence-electron chi connectivity index (χ4n) is 1.08. The molecule has 0 saturated carbocycles. The Morgan fingerprint density at radius 1 is 1.47 bits per heavy atom. The predicted molar refractivity (Wildman–Crippen MR) is 62.3 cm³/mol. The van der Waals surface area contributed by atoms with Crippen LogP contribution >= 0.6 is 11.6 Å². The lowest BCUT2D eigenvalue weighted by molar-refractivity contribution is -0.384. The minimum atomic E-state index is -3.79. The molecule has 0 radical (unpaired) electrons. The Hall–Kier alpha value is -1.22. The van der Waals surface area contributed by atoms with E-state index in [1.165, 1.54) is 6.07 Å². The highest BCUT2D eigenvalue weighted by Crippen LogP contribution is 2.26. The molecule has 0 heterocycles. The number of sulfonamides is 1. The van der Waals surface area contributed by atoms with Crippen molar-refractivity contribution in [3.63, 3.8) is 0 Å². The zero-order valence-electron chi connectivity index (χ0n) is 8.59. The molecule has 0 amide bonds. The van der Waals surface area contributed by atoms with Crippen LogP contribution in [0.2, 0.25) is 5.02 Å². The summed E-state index contributed by atoms with van der Waals surface area (Å²) in [5.41, 5.74) is 4.70. The Bertz CT molecular complexity index is 532. The molecule has 0 aromatic heterocycles. The van der Waals surface area contributed by atoms with Crippen LogP contribution in [0.1, 0.15) is 0 Å². The molecule has 1 aromatic rings. The lowest BCUT2D eigenvalue weighted by Crippen LogP contribution is -2.29. The summed E-state index contributed by atoms with van der Waals surface area (Å²) in [4.78, 5) is 9.63. The second kappa shape index (κ2) is 5.41. The maximum atomic E-state index is 11.6. The van der Waals surface area contributed by atoms with Crippen LogP contribution in [0.15, 0.2) is 23.1 Å². The summed E-state index contributed by atoms with van der Waals surface area (Å²) in [5.74, 6) is 0. The maximum Gasteiger partial charge on any atom is 0.289 e. The first kappa shape index (κ1) is 13.8. The van der Waals surface area contributed by atoms with Crippen molar-refractivity contribution in [1.29, 1.82) is 0 Å². The average molecular weight is 280 g/mol. The smallest absolute Gasteiger partial charge is 0.289 e. The van der Waals surface area contributed by atoms with Crippen LogP contribution in [0.4, 0.5) is 5.69 Å². The fraction of sp³-hybridized carbons (Fsp3) is 0.250. The topological polar surface area (TPSA) is 115 Å². The Morgan fingerprint density at radius 3 is 2.65 bits per heavy atom. The lowest BCUT2D eigenvalue weighted by atomic mass is 10.3. The zero-order valence-corrected chi connectivity index (χ0v) is 10.2. The number of nitro groups is 1. The zero-order chi connectivity index (χ0) is 13.1. The molecule has 1 aromatic carbocycles. The van der Waals surface area contributed by atoms with Crippen molar-refractivity contribution >= 4 is 27.3 Å². The third-order valence-electron chi connectivity index (χ3n) is 1.86.